The molecule has 0 atom stereocenters. The van der Waals surface area contributed by atoms with Gasteiger partial charge >= 0.3 is 0 Å². The highest BCUT2D eigenvalue weighted by atomic mass is 19.1. The number of aromatic nitrogens is 3. The van der Waals surface area contributed by atoms with E-state index >= 15 is 0 Å². The number of carbonyl (C=O) groups is 3. The Morgan fingerprint density at radius 3 is 1.39 bits per heavy atom. The van der Waals surface area contributed by atoms with E-state index in [4.69, 9.17) is 0 Å². The number of hydrogen-bond donors (Lipinski definition) is 0. The minimum Gasteiger partial charge on any atom is -0.289 e. The first kappa shape index (κ1) is 25.6. The molecule has 0 N–H and O–H groups in total. The van der Waals surface area contributed by atoms with E-state index in [0.717, 1.165) is 35.3 Å². The third-order valence-electron chi connectivity index (χ3n) is 6.66. The molecule has 0 spiro atoms. The number of fused-ring (bicyclic) bond motifs is 1. The lowest BCUT2D eigenvalue weighted by Gasteiger charge is -2.10. The van der Waals surface area contributed by atoms with Crippen LogP contribution in [0.25, 0.3) is 16.7 Å². The van der Waals surface area contributed by atoms with Gasteiger partial charge in [-0.1, -0.05) is 17.3 Å². The summed E-state index contributed by atoms with van der Waals surface area (Å²) in [6.45, 7) is 0. The van der Waals surface area contributed by atoms with Gasteiger partial charge in [-0.3, -0.25) is 14.4 Å². The fraction of sp³-hybridized carbons (Fsp3) is 0. The SMILES string of the molecule is O=C(c1ccc(F)cc1)c1cc(C(=O)c2ccc(F)cc2)cc(C(=O)c2ccc(-n3nnc4ccccc43)cc2)c1. The molecular weight excluding hydrogens is 524 g/mol. The van der Waals surface area contributed by atoms with Gasteiger partial charge in [0.1, 0.15) is 17.2 Å². The van der Waals surface area contributed by atoms with Crippen molar-refractivity contribution in [2.45, 2.75) is 0 Å². The first-order valence-electron chi connectivity index (χ1n) is 12.6. The summed E-state index contributed by atoms with van der Waals surface area (Å²) in [6.07, 6.45) is 0. The summed E-state index contributed by atoms with van der Waals surface area (Å²) < 4.78 is 28.6. The molecule has 1 heterocycles. The number of hydrogen-bond acceptors (Lipinski definition) is 5. The van der Waals surface area contributed by atoms with Gasteiger partial charge in [0.15, 0.2) is 17.3 Å². The maximum Gasteiger partial charge on any atom is 0.193 e. The number of ketones is 3. The second-order valence-electron chi connectivity index (χ2n) is 9.34. The first-order chi connectivity index (χ1) is 19.9. The standard InChI is InChI=1S/C33H19F2N3O3/c34-26-11-5-20(6-12-26)31(39)23-17-24(32(40)21-7-13-27(35)14-8-21)19-25(18-23)33(41)22-9-15-28(16-10-22)38-30-4-2-1-3-29(30)36-37-38/h1-19H. The van der Waals surface area contributed by atoms with Crippen molar-refractivity contribution >= 4 is 28.4 Å². The molecule has 198 valence electrons. The lowest BCUT2D eigenvalue weighted by Crippen LogP contribution is -2.11. The maximum atomic E-state index is 13.6. The van der Waals surface area contributed by atoms with Gasteiger partial charge in [0.2, 0.25) is 0 Å². The van der Waals surface area contributed by atoms with Crippen LogP contribution < -0.4 is 0 Å². The molecule has 8 heteroatoms. The summed E-state index contributed by atoms with van der Waals surface area (Å²) >= 11 is 0. The summed E-state index contributed by atoms with van der Waals surface area (Å²) in [4.78, 5) is 40.2. The van der Waals surface area contributed by atoms with Crippen molar-refractivity contribution in [3.8, 4) is 5.69 Å². The van der Waals surface area contributed by atoms with E-state index in [-0.39, 0.29) is 27.8 Å². The zero-order valence-corrected chi connectivity index (χ0v) is 21.3. The topological polar surface area (TPSA) is 81.9 Å². The summed E-state index contributed by atoms with van der Waals surface area (Å²) in [6, 6.07) is 28.4. The highest BCUT2D eigenvalue weighted by Gasteiger charge is 2.20. The quantitative estimate of drug-likeness (QED) is 0.218. The van der Waals surface area contributed by atoms with Crippen molar-refractivity contribution < 1.29 is 23.2 Å². The van der Waals surface area contributed by atoms with Crippen LogP contribution in [0.1, 0.15) is 47.8 Å². The first-order valence-corrected chi connectivity index (χ1v) is 12.6. The molecule has 0 saturated carbocycles. The van der Waals surface area contributed by atoms with Gasteiger partial charge in [-0.15, -0.1) is 5.10 Å². The zero-order chi connectivity index (χ0) is 28.5. The maximum absolute atomic E-state index is 13.6. The Morgan fingerprint density at radius 1 is 0.512 bits per heavy atom. The summed E-state index contributed by atoms with van der Waals surface area (Å²) in [5.41, 5.74) is 3.23. The predicted octanol–water partition coefficient (Wildman–Crippen LogP) is 6.39. The molecule has 0 radical (unpaired) electrons. The van der Waals surface area contributed by atoms with Crippen LogP contribution in [0.15, 0.2) is 115 Å². The normalized spacial score (nSPS) is 11.0. The Bertz CT molecular complexity index is 1870. The second-order valence-corrected chi connectivity index (χ2v) is 9.34. The van der Waals surface area contributed by atoms with Gasteiger partial charge in [0.05, 0.1) is 11.2 Å². The van der Waals surface area contributed by atoms with Gasteiger partial charge in [0.25, 0.3) is 0 Å². The van der Waals surface area contributed by atoms with Gasteiger partial charge in [-0.2, -0.15) is 0 Å². The molecule has 0 aliphatic rings. The average molecular weight is 544 g/mol. The van der Waals surface area contributed by atoms with Crippen LogP contribution in [0, 0.1) is 11.6 Å². The molecular formula is C33H19F2N3O3. The van der Waals surface area contributed by atoms with Gasteiger partial charge in [-0.25, -0.2) is 13.5 Å². The fourth-order valence-corrected chi connectivity index (χ4v) is 4.54. The number of para-hydroxylation sites is 1. The molecule has 1 aromatic heterocycles. The number of halogens is 2. The van der Waals surface area contributed by atoms with Crippen molar-refractivity contribution in [2.24, 2.45) is 0 Å². The van der Waals surface area contributed by atoms with Crippen LogP contribution in [0.5, 0.6) is 0 Å². The Balaban J connectivity index is 1.38. The van der Waals surface area contributed by atoms with Gasteiger partial charge < -0.3 is 0 Å². The largest absolute Gasteiger partial charge is 0.289 e. The molecule has 41 heavy (non-hydrogen) atoms. The molecule has 0 saturated heterocycles. The van der Waals surface area contributed by atoms with Crippen LogP contribution in [0.3, 0.4) is 0 Å². The number of carbonyl (C=O) groups excluding carboxylic acids is 3. The number of rotatable bonds is 7. The van der Waals surface area contributed by atoms with E-state index in [1.54, 1.807) is 28.9 Å². The second kappa shape index (κ2) is 10.5. The van der Waals surface area contributed by atoms with Crippen LogP contribution >= 0.6 is 0 Å². The van der Waals surface area contributed by atoms with Crippen molar-refractivity contribution in [2.75, 3.05) is 0 Å². The molecule has 0 aliphatic heterocycles. The Labute approximate surface area is 232 Å². The molecule has 5 aromatic carbocycles. The number of benzene rings is 5. The van der Waals surface area contributed by atoms with E-state index in [1.807, 2.05) is 24.3 Å². The average Bonchev–Trinajstić information content (AvgIpc) is 3.45. The van der Waals surface area contributed by atoms with Crippen molar-refractivity contribution in [3.63, 3.8) is 0 Å². The zero-order valence-electron chi connectivity index (χ0n) is 21.3. The molecule has 0 aliphatic carbocycles. The molecule has 6 aromatic rings. The summed E-state index contributed by atoms with van der Waals surface area (Å²) in [7, 11) is 0. The third-order valence-corrected chi connectivity index (χ3v) is 6.66. The van der Waals surface area contributed by atoms with Crippen molar-refractivity contribution in [1.82, 2.24) is 15.0 Å². The molecule has 0 fully saturated rings. The molecule has 0 unspecified atom stereocenters. The summed E-state index contributed by atoms with van der Waals surface area (Å²) in [5.74, 6) is -2.38. The highest BCUT2D eigenvalue weighted by molar-refractivity contribution is 6.17. The van der Waals surface area contributed by atoms with E-state index in [1.165, 1.54) is 42.5 Å². The van der Waals surface area contributed by atoms with E-state index in [2.05, 4.69) is 10.3 Å². The Hall–Kier alpha value is -5.63. The minimum absolute atomic E-state index is 0.0821. The van der Waals surface area contributed by atoms with Gasteiger partial charge in [-0.05, 0) is 103 Å². The van der Waals surface area contributed by atoms with Crippen LogP contribution in [-0.4, -0.2) is 32.3 Å². The van der Waals surface area contributed by atoms with Crippen LogP contribution in [0.4, 0.5) is 8.78 Å². The van der Waals surface area contributed by atoms with E-state index in [0.29, 0.717) is 11.3 Å². The predicted molar refractivity (Wildman–Crippen MR) is 148 cm³/mol. The lowest BCUT2D eigenvalue weighted by molar-refractivity contribution is 0.103. The molecule has 0 bridgehead atoms. The molecule has 0 amide bonds. The van der Waals surface area contributed by atoms with Crippen LogP contribution in [-0.2, 0) is 0 Å². The Kier molecular flexibility index (Phi) is 6.57. The van der Waals surface area contributed by atoms with Crippen LogP contribution in [0.2, 0.25) is 0 Å². The van der Waals surface area contributed by atoms with E-state index < -0.39 is 29.0 Å². The smallest absolute Gasteiger partial charge is 0.193 e. The third kappa shape index (κ3) is 5.06. The monoisotopic (exact) mass is 543 g/mol. The fourth-order valence-electron chi connectivity index (χ4n) is 4.54. The molecule has 6 rings (SSSR count). The molecule has 6 nitrogen and oxygen atoms in total. The minimum atomic E-state index is -0.500. The van der Waals surface area contributed by atoms with Gasteiger partial charge in [0, 0.05) is 33.4 Å². The lowest BCUT2D eigenvalue weighted by atomic mass is 9.92. The summed E-state index contributed by atoms with van der Waals surface area (Å²) in [5, 5.41) is 8.34. The highest BCUT2D eigenvalue weighted by Crippen LogP contribution is 2.22. The number of nitrogens with zero attached hydrogens (tertiary/aromatic N) is 3. The van der Waals surface area contributed by atoms with Crippen molar-refractivity contribution in [3.05, 3.63) is 160 Å². The van der Waals surface area contributed by atoms with Crippen molar-refractivity contribution in [1.29, 1.82) is 0 Å². The van der Waals surface area contributed by atoms with E-state index in [9.17, 15) is 23.2 Å². The Morgan fingerprint density at radius 2 is 0.927 bits per heavy atom.